The molecule has 0 unspecified atom stereocenters. The van der Waals surface area contributed by atoms with E-state index in [1.54, 1.807) is 0 Å². The standard InChI is InChI=1S/C29H37N7O2S/c1-34-13-11-23(12-14-34)20-30-27(38)25-9-7-24(8-10-25)21-35-15-17-36(18-16-35)29-33-32-28(39-29)31-26(37)19-22-5-3-2-4-6-22/h2-10,23H,11-21H2,1H3,(H,30,38)(H,31,32,37). The van der Waals surface area contributed by atoms with E-state index in [2.05, 4.69) is 54.7 Å². The number of aromatic nitrogens is 2. The van der Waals surface area contributed by atoms with E-state index < -0.39 is 0 Å². The fourth-order valence-corrected chi connectivity index (χ4v) is 5.87. The molecule has 0 aliphatic carbocycles. The van der Waals surface area contributed by atoms with Crippen LogP contribution in [0.1, 0.15) is 34.3 Å². The zero-order valence-corrected chi connectivity index (χ0v) is 23.3. The largest absolute Gasteiger partial charge is 0.352 e. The third-order valence-corrected chi connectivity index (χ3v) is 8.42. The van der Waals surface area contributed by atoms with Crippen LogP contribution in [0, 0.1) is 5.92 Å². The van der Waals surface area contributed by atoms with Crippen molar-refractivity contribution < 1.29 is 9.59 Å². The van der Waals surface area contributed by atoms with E-state index in [-0.39, 0.29) is 11.8 Å². The zero-order valence-electron chi connectivity index (χ0n) is 22.5. The molecule has 0 spiro atoms. The fourth-order valence-electron chi connectivity index (χ4n) is 5.06. The van der Waals surface area contributed by atoms with Gasteiger partial charge in [0.15, 0.2) is 0 Å². The molecular weight excluding hydrogens is 510 g/mol. The smallest absolute Gasteiger partial charge is 0.251 e. The molecule has 0 atom stereocenters. The number of piperazine rings is 1. The summed E-state index contributed by atoms with van der Waals surface area (Å²) in [6, 6.07) is 17.7. The first-order chi connectivity index (χ1) is 19.0. The predicted molar refractivity (Wildman–Crippen MR) is 155 cm³/mol. The average Bonchev–Trinajstić information content (AvgIpc) is 3.42. The topological polar surface area (TPSA) is 93.7 Å². The van der Waals surface area contributed by atoms with Crippen LogP contribution in [0.15, 0.2) is 54.6 Å². The van der Waals surface area contributed by atoms with Crippen molar-refractivity contribution in [2.45, 2.75) is 25.8 Å². The monoisotopic (exact) mass is 547 g/mol. The van der Waals surface area contributed by atoms with Crippen LogP contribution in [0.25, 0.3) is 0 Å². The molecule has 2 aliphatic heterocycles. The summed E-state index contributed by atoms with van der Waals surface area (Å²) in [6.45, 7) is 7.35. The van der Waals surface area contributed by atoms with E-state index in [9.17, 15) is 9.59 Å². The molecule has 2 saturated heterocycles. The number of amides is 2. The Hall–Kier alpha value is -3.34. The Balaban J connectivity index is 1.03. The number of hydrogen-bond donors (Lipinski definition) is 2. The molecule has 0 radical (unpaired) electrons. The maximum absolute atomic E-state index is 12.6. The Morgan fingerprint density at radius 1 is 0.897 bits per heavy atom. The molecule has 1 aromatic heterocycles. The summed E-state index contributed by atoms with van der Waals surface area (Å²) in [5.41, 5.74) is 2.89. The molecule has 39 heavy (non-hydrogen) atoms. The van der Waals surface area contributed by atoms with Crippen molar-refractivity contribution in [3.63, 3.8) is 0 Å². The second-order valence-electron chi connectivity index (χ2n) is 10.5. The molecule has 5 rings (SSSR count). The van der Waals surface area contributed by atoms with Crippen molar-refractivity contribution in [2.24, 2.45) is 5.92 Å². The minimum atomic E-state index is -0.0885. The van der Waals surface area contributed by atoms with Gasteiger partial charge >= 0.3 is 0 Å². The van der Waals surface area contributed by atoms with Crippen LogP contribution in [0.5, 0.6) is 0 Å². The Kier molecular flexibility index (Phi) is 9.18. The van der Waals surface area contributed by atoms with Crippen LogP contribution >= 0.6 is 11.3 Å². The van der Waals surface area contributed by atoms with Gasteiger partial charge in [-0.3, -0.25) is 14.5 Å². The second-order valence-corrected chi connectivity index (χ2v) is 11.5. The van der Waals surface area contributed by atoms with Gasteiger partial charge in [0.05, 0.1) is 6.42 Å². The number of anilines is 2. The molecule has 2 amide bonds. The van der Waals surface area contributed by atoms with Gasteiger partial charge in [0.25, 0.3) is 5.91 Å². The van der Waals surface area contributed by atoms with E-state index in [1.807, 2.05) is 42.5 Å². The molecule has 2 N–H and O–H groups in total. The molecule has 2 aliphatic rings. The minimum Gasteiger partial charge on any atom is -0.352 e. The number of piperidine rings is 1. The molecule has 2 fully saturated rings. The lowest BCUT2D eigenvalue weighted by Crippen LogP contribution is -2.45. The number of carbonyl (C=O) groups is 2. The van der Waals surface area contributed by atoms with E-state index in [4.69, 9.17) is 0 Å². The van der Waals surface area contributed by atoms with Crippen LogP contribution in [-0.4, -0.2) is 84.7 Å². The van der Waals surface area contributed by atoms with Crippen LogP contribution in [-0.2, 0) is 17.8 Å². The van der Waals surface area contributed by atoms with Crippen LogP contribution in [0.4, 0.5) is 10.3 Å². The van der Waals surface area contributed by atoms with Crippen molar-refractivity contribution in [2.75, 3.05) is 63.1 Å². The molecule has 0 saturated carbocycles. The summed E-state index contributed by atoms with van der Waals surface area (Å²) in [7, 11) is 2.15. The van der Waals surface area contributed by atoms with Gasteiger partial charge in [0, 0.05) is 44.8 Å². The normalized spacial score (nSPS) is 17.2. The predicted octanol–water partition coefficient (Wildman–Crippen LogP) is 3.11. The Bertz CT molecular complexity index is 1220. The van der Waals surface area contributed by atoms with Crippen molar-refractivity contribution >= 4 is 33.4 Å². The number of nitrogens with one attached hydrogen (secondary N) is 2. The van der Waals surface area contributed by atoms with E-state index in [0.717, 1.165) is 81.5 Å². The molecule has 206 valence electrons. The molecule has 3 aromatic rings. The summed E-state index contributed by atoms with van der Waals surface area (Å²) in [6.07, 6.45) is 2.61. The van der Waals surface area contributed by atoms with Crippen molar-refractivity contribution in [1.82, 2.24) is 25.3 Å². The van der Waals surface area contributed by atoms with E-state index >= 15 is 0 Å². The number of nitrogens with zero attached hydrogens (tertiary/aromatic N) is 5. The lowest BCUT2D eigenvalue weighted by Gasteiger charge is -2.34. The van der Waals surface area contributed by atoms with Gasteiger partial charge < -0.3 is 20.4 Å². The number of carbonyl (C=O) groups excluding carboxylic acids is 2. The lowest BCUT2D eigenvalue weighted by atomic mass is 9.97. The van der Waals surface area contributed by atoms with Crippen molar-refractivity contribution in [3.05, 3.63) is 71.3 Å². The molecule has 10 heteroatoms. The first-order valence-electron chi connectivity index (χ1n) is 13.7. The highest BCUT2D eigenvalue weighted by molar-refractivity contribution is 7.19. The van der Waals surface area contributed by atoms with Gasteiger partial charge in [-0.2, -0.15) is 0 Å². The average molecular weight is 548 g/mol. The third-order valence-electron chi connectivity index (χ3n) is 7.52. The maximum Gasteiger partial charge on any atom is 0.251 e. The van der Waals surface area contributed by atoms with Crippen LogP contribution < -0.4 is 15.5 Å². The van der Waals surface area contributed by atoms with Gasteiger partial charge in [0.2, 0.25) is 16.2 Å². The lowest BCUT2D eigenvalue weighted by molar-refractivity contribution is -0.115. The number of benzene rings is 2. The highest BCUT2D eigenvalue weighted by Gasteiger charge is 2.21. The van der Waals surface area contributed by atoms with Crippen LogP contribution in [0.2, 0.25) is 0 Å². The zero-order chi connectivity index (χ0) is 27.0. The SMILES string of the molecule is CN1CCC(CNC(=O)c2ccc(CN3CCN(c4nnc(NC(=O)Cc5ccccc5)s4)CC3)cc2)CC1. The van der Waals surface area contributed by atoms with Gasteiger partial charge in [-0.15, -0.1) is 10.2 Å². The first-order valence-corrected chi connectivity index (χ1v) is 14.5. The number of rotatable bonds is 9. The summed E-state index contributed by atoms with van der Waals surface area (Å²) >= 11 is 1.41. The fraction of sp³-hybridized carbons (Fsp3) is 0.448. The molecule has 2 aromatic carbocycles. The molecule has 3 heterocycles. The number of likely N-dealkylation sites (tertiary alicyclic amines) is 1. The summed E-state index contributed by atoms with van der Waals surface area (Å²) in [4.78, 5) is 31.9. The summed E-state index contributed by atoms with van der Waals surface area (Å²) < 4.78 is 0. The summed E-state index contributed by atoms with van der Waals surface area (Å²) in [5.74, 6) is 0.504. The number of hydrogen-bond acceptors (Lipinski definition) is 8. The minimum absolute atomic E-state index is 0.0155. The first kappa shape index (κ1) is 27.2. The third kappa shape index (κ3) is 7.84. The van der Waals surface area contributed by atoms with Gasteiger partial charge in [-0.05, 0) is 62.2 Å². The highest BCUT2D eigenvalue weighted by Crippen LogP contribution is 2.25. The van der Waals surface area contributed by atoms with E-state index in [1.165, 1.54) is 16.9 Å². The van der Waals surface area contributed by atoms with E-state index in [0.29, 0.717) is 17.5 Å². The Morgan fingerprint density at radius 2 is 1.62 bits per heavy atom. The molecule has 0 bridgehead atoms. The Morgan fingerprint density at radius 3 is 2.33 bits per heavy atom. The van der Waals surface area contributed by atoms with Gasteiger partial charge in [0.1, 0.15) is 0 Å². The summed E-state index contributed by atoms with van der Waals surface area (Å²) in [5, 5.41) is 15.8. The quantitative estimate of drug-likeness (QED) is 0.425. The van der Waals surface area contributed by atoms with Gasteiger partial charge in [-0.25, -0.2) is 0 Å². The Labute approximate surface area is 234 Å². The van der Waals surface area contributed by atoms with Crippen LogP contribution in [0.3, 0.4) is 0 Å². The molecular formula is C29H37N7O2S. The molecule has 9 nitrogen and oxygen atoms in total. The maximum atomic E-state index is 12.6. The van der Waals surface area contributed by atoms with Crippen molar-refractivity contribution in [3.8, 4) is 0 Å². The second kappa shape index (κ2) is 13.1. The van der Waals surface area contributed by atoms with Crippen molar-refractivity contribution in [1.29, 1.82) is 0 Å². The highest BCUT2D eigenvalue weighted by atomic mass is 32.1. The van der Waals surface area contributed by atoms with Gasteiger partial charge in [-0.1, -0.05) is 53.8 Å².